The van der Waals surface area contributed by atoms with Gasteiger partial charge >= 0.3 is 11.6 Å². The fourth-order valence-electron chi connectivity index (χ4n) is 2.05. The lowest BCUT2D eigenvalue weighted by molar-refractivity contribution is 0.0987. The third kappa shape index (κ3) is 2.46. The SMILES string of the molecule is CN(C(=O)c1ccccc1Cl)c1nc2ccccc2c(=O)o1. The lowest BCUT2D eigenvalue weighted by Gasteiger charge is -2.15. The fourth-order valence-corrected chi connectivity index (χ4v) is 2.27. The van der Waals surface area contributed by atoms with E-state index < -0.39 is 11.5 Å². The second-order valence-electron chi connectivity index (χ2n) is 4.65. The number of fused-ring (bicyclic) bond motifs is 1. The number of nitrogens with zero attached hydrogens (tertiary/aromatic N) is 2. The van der Waals surface area contributed by atoms with Crippen LogP contribution in [-0.4, -0.2) is 17.9 Å². The molecule has 0 radical (unpaired) electrons. The van der Waals surface area contributed by atoms with Gasteiger partial charge in [-0.05, 0) is 24.3 Å². The summed E-state index contributed by atoms with van der Waals surface area (Å²) in [5.41, 5.74) is 0.233. The lowest BCUT2D eigenvalue weighted by Crippen LogP contribution is -2.28. The Morgan fingerprint density at radius 3 is 2.59 bits per heavy atom. The topological polar surface area (TPSA) is 63.4 Å². The maximum Gasteiger partial charge on any atom is 0.348 e. The molecule has 0 spiro atoms. The van der Waals surface area contributed by atoms with Gasteiger partial charge < -0.3 is 4.42 Å². The summed E-state index contributed by atoms with van der Waals surface area (Å²) in [6, 6.07) is 13.4. The number of carbonyl (C=O) groups is 1. The molecule has 0 aliphatic heterocycles. The zero-order chi connectivity index (χ0) is 15.7. The molecule has 6 heteroatoms. The van der Waals surface area contributed by atoms with Crippen molar-refractivity contribution < 1.29 is 9.21 Å². The summed E-state index contributed by atoms with van der Waals surface area (Å²) in [6.07, 6.45) is 0. The predicted octanol–water partition coefficient (Wildman–Crippen LogP) is 3.12. The Bertz CT molecular complexity index is 920. The standard InChI is InChI=1S/C16H11ClN2O3/c1-19(14(20)10-6-2-4-8-12(10)17)16-18-13-9-5-3-7-11(13)15(21)22-16/h2-9H,1H3. The van der Waals surface area contributed by atoms with Gasteiger partial charge in [0.15, 0.2) is 0 Å². The first kappa shape index (κ1) is 14.3. The van der Waals surface area contributed by atoms with Gasteiger partial charge in [0.05, 0.1) is 21.5 Å². The molecule has 0 aliphatic carbocycles. The van der Waals surface area contributed by atoms with Crippen molar-refractivity contribution in [1.29, 1.82) is 0 Å². The smallest absolute Gasteiger partial charge is 0.348 e. The molecular weight excluding hydrogens is 304 g/mol. The molecule has 1 heterocycles. The van der Waals surface area contributed by atoms with Crippen LogP contribution in [0.5, 0.6) is 0 Å². The number of rotatable bonds is 2. The second kappa shape index (κ2) is 5.61. The van der Waals surface area contributed by atoms with E-state index in [-0.39, 0.29) is 6.01 Å². The van der Waals surface area contributed by atoms with Gasteiger partial charge in [0.2, 0.25) is 0 Å². The minimum absolute atomic E-state index is 0.0754. The van der Waals surface area contributed by atoms with Crippen LogP contribution in [0.25, 0.3) is 10.9 Å². The average molecular weight is 315 g/mol. The van der Waals surface area contributed by atoms with Gasteiger partial charge in [0, 0.05) is 7.05 Å². The van der Waals surface area contributed by atoms with Crippen molar-refractivity contribution in [2.75, 3.05) is 11.9 Å². The minimum Gasteiger partial charge on any atom is -0.388 e. The van der Waals surface area contributed by atoms with Gasteiger partial charge in [-0.15, -0.1) is 0 Å². The Hall–Kier alpha value is -2.66. The number of aromatic nitrogens is 1. The summed E-state index contributed by atoms with van der Waals surface area (Å²) in [4.78, 5) is 29.8. The van der Waals surface area contributed by atoms with E-state index in [1.54, 1.807) is 48.5 Å². The van der Waals surface area contributed by atoms with Crippen molar-refractivity contribution in [2.24, 2.45) is 0 Å². The van der Waals surface area contributed by atoms with Crippen LogP contribution in [0.4, 0.5) is 6.01 Å². The van der Waals surface area contributed by atoms with E-state index in [1.807, 2.05) is 0 Å². The Morgan fingerprint density at radius 2 is 1.82 bits per heavy atom. The number of halogens is 1. The van der Waals surface area contributed by atoms with Crippen molar-refractivity contribution in [3.8, 4) is 0 Å². The molecule has 3 aromatic rings. The van der Waals surface area contributed by atoms with Crippen LogP contribution in [0.1, 0.15) is 10.4 Å². The molecule has 0 unspecified atom stereocenters. The molecule has 2 aromatic carbocycles. The molecule has 0 saturated heterocycles. The van der Waals surface area contributed by atoms with Crippen LogP contribution in [-0.2, 0) is 0 Å². The molecule has 1 aromatic heterocycles. The third-order valence-electron chi connectivity index (χ3n) is 3.22. The zero-order valence-corrected chi connectivity index (χ0v) is 12.4. The molecule has 5 nitrogen and oxygen atoms in total. The minimum atomic E-state index is -0.542. The maximum absolute atomic E-state index is 12.5. The van der Waals surface area contributed by atoms with Gasteiger partial charge in [0.1, 0.15) is 0 Å². The number of hydrogen-bond acceptors (Lipinski definition) is 4. The van der Waals surface area contributed by atoms with Crippen LogP contribution in [0, 0.1) is 0 Å². The van der Waals surface area contributed by atoms with Crippen molar-refractivity contribution in [2.45, 2.75) is 0 Å². The van der Waals surface area contributed by atoms with Crippen molar-refractivity contribution >= 4 is 34.4 Å². The lowest BCUT2D eigenvalue weighted by atomic mass is 10.2. The molecule has 0 bridgehead atoms. The molecule has 22 heavy (non-hydrogen) atoms. The Labute approximate surface area is 130 Å². The Kier molecular flexibility index (Phi) is 3.65. The number of carbonyl (C=O) groups excluding carboxylic acids is 1. The summed E-state index contributed by atoms with van der Waals surface area (Å²) in [6.45, 7) is 0. The second-order valence-corrected chi connectivity index (χ2v) is 5.05. The van der Waals surface area contributed by atoms with Crippen LogP contribution in [0.3, 0.4) is 0 Å². The summed E-state index contributed by atoms with van der Waals surface area (Å²) in [5.74, 6) is -0.406. The number of anilines is 1. The van der Waals surface area contributed by atoms with Crippen LogP contribution < -0.4 is 10.5 Å². The Morgan fingerprint density at radius 1 is 1.14 bits per heavy atom. The molecule has 0 aliphatic rings. The fraction of sp³-hybridized carbons (Fsp3) is 0.0625. The number of benzene rings is 2. The van der Waals surface area contributed by atoms with E-state index in [0.717, 1.165) is 4.90 Å². The molecule has 1 amide bonds. The highest BCUT2D eigenvalue weighted by molar-refractivity contribution is 6.34. The van der Waals surface area contributed by atoms with E-state index in [2.05, 4.69) is 4.98 Å². The highest BCUT2D eigenvalue weighted by atomic mass is 35.5. The summed E-state index contributed by atoms with van der Waals surface area (Å²) in [5, 5.41) is 0.687. The van der Waals surface area contributed by atoms with Crippen LogP contribution in [0.15, 0.2) is 57.7 Å². The molecule has 0 atom stereocenters. The quantitative estimate of drug-likeness (QED) is 0.729. The van der Waals surface area contributed by atoms with Crippen molar-refractivity contribution in [1.82, 2.24) is 4.98 Å². The first-order valence-electron chi connectivity index (χ1n) is 6.50. The van der Waals surface area contributed by atoms with E-state index in [0.29, 0.717) is 21.5 Å². The molecule has 0 saturated carbocycles. The monoisotopic (exact) mass is 314 g/mol. The number of para-hydroxylation sites is 1. The van der Waals surface area contributed by atoms with E-state index in [4.69, 9.17) is 16.0 Å². The Balaban J connectivity index is 2.06. The van der Waals surface area contributed by atoms with Gasteiger partial charge in [-0.2, -0.15) is 4.98 Å². The van der Waals surface area contributed by atoms with Gasteiger partial charge in [0.25, 0.3) is 5.91 Å². The number of hydrogen-bond donors (Lipinski definition) is 0. The van der Waals surface area contributed by atoms with E-state index >= 15 is 0 Å². The molecule has 110 valence electrons. The van der Waals surface area contributed by atoms with Crippen LogP contribution >= 0.6 is 11.6 Å². The predicted molar refractivity (Wildman–Crippen MR) is 84.5 cm³/mol. The normalized spacial score (nSPS) is 10.6. The number of amides is 1. The van der Waals surface area contributed by atoms with Gasteiger partial charge in [-0.25, -0.2) is 4.79 Å². The van der Waals surface area contributed by atoms with Gasteiger partial charge in [-0.1, -0.05) is 35.9 Å². The molecule has 0 N–H and O–H groups in total. The average Bonchev–Trinajstić information content (AvgIpc) is 2.54. The molecular formula is C16H11ClN2O3. The summed E-state index contributed by atoms with van der Waals surface area (Å²) >= 11 is 6.02. The largest absolute Gasteiger partial charge is 0.388 e. The first-order chi connectivity index (χ1) is 10.6. The van der Waals surface area contributed by atoms with E-state index in [1.165, 1.54) is 7.05 Å². The van der Waals surface area contributed by atoms with Crippen molar-refractivity contribution in [3.63, 3.8) is 0 Å². The van der Waals surface area contributed by atoms with E-state index in [9.17, 15) is 9.59 Å². The molecule has 0 fully saturated rings. The highest BCUT2D eigenvalue weighted by Crippen LogP contribution is 2.20. The van der Waals surface area contributed by atoms with Crippen LogP contribution in [0.2, 0.25) is 5.02 Å². The third-order valence-corrected chi connectivity index (χ3v) is 3.55. The first-order valence-corrected chi connectivity index (χ1v) is 6.88. The van der Waals surface area contributed by atoms with Crippen molar-refractivity contribution in [3.05, 3.63) is 69.5 Å². The summed E-state index contributed by atoms with van der Waals surface area (Å²) < 4.78 is 5.13. The summed E-state index contributed by atoms with van der Waals surface area (Å²) in [7, 11) is 1.48. The highest BCUT2D eigenvalue weighted by Gasteiger charge is 2.20. The van der Waals surface area contributed by atoms with Gasteiger partial charge in [-0.3, -0.25) is 9.69 Å². The molecule has 3 rings (SSSR count). The zero-order valence-electron chi connectivity index (χ0n) is 11.6. The maximum atomic E-state index is 12.5.